The van der Waals surface area contributed by atoms with E-state index in [9.17, 15) is 34.9 Å². The van der Waals surface area contributed by atoms with Crippen molar-refractivity contribution in [3.63, 3.8) is 0 Å². The number of esters is 1. The number of hydrazine groups is 1. The molecule has 1 unspecified atom stereocenters. The van der Waals surface area contributed by atoms with Crippen molar-refractivity contribution >= 4 is 18.0 Å². The molecule has 58 heavy (non-hydrogen) atoms. The highest BCUT2D eigenvalue weighted by molar-refractivity contribution is 6.03. The van der Waals surface area contributed by atoms with Crippen molar-refractivity contribution in [2.75, 3.05) is 13.2 Å². The number of aromatic nitrogens is 2. The van der Waals surface area contributed by atoms with E-state index in [1.807, 2.05) is 43.3 Å². The number of aliphatic hydroxyl groups is 1. The molecule has 0 aliphatic heterocycles. The van der Waals surface area contributed by atoms with Crippen LogP contribution in [0, 0.1) is 20.2 Å². The topological polar surface area (TPSA) is 272 Å². The van der Waals surface area contributed by atoms with E-state index in [2.05, 4.69) is 19.8 Å². The number of hydrazone groups is 1. The molecule has 1 atom stereocenters. The molecule has 0 amide bonds. The molecule has 0 saturated heterocycles. The van der Waals surface area contributed by atoms with Crippen LogP contribution in [0.2, 0.25) is 0 Å². The Kier molecular flexibility index (Phi) is 15.4. The van der Waals surface area contributed by atoms with Gasteiger partial charge in [0.05, 0.1) is 13.2 Å². The lowest BCUT2D eigenvalue weighted by Gasteiger charge is -2.21. The molecule has 20 heteroatoms. The standard InChI is InChI=1S/C38H46N8O12/c1-5-9-32-41-34(38(3,4)49)33(36(47)54-20-8-21-56-45(50)51)43(32)22-26-16-18-29(19-17-26)30-10-6-7-11-31(30)35(39)42-44(40)25(2)58-37(48)55-23-27-12-14-28(15-13-27)24-57-46(52)53/h6-7,10-19,25,49H,5,8-9,20-24,40H2,1-4H3,(H2,39,42). The van der Waals surface area contributed by atoms with E-state index in [4.69, 9.17) is 25.8 Å². The lowest BCUT2D eigenvalue weighted by atomic mass is 9.98. The van der Waals surface area contributed by atoms with Gasteiger partial charge in [-0.1, -0.05) is 79.7 Å². The molecule has 3 aromatic carbocycles. The average molecular weight is 807 g/mol. The van der Waals surface area contributed by atoms with Crippen LogP contribution in [0.15, 0.2) is 77.9 Å². The molecule has 4 aromatic rings. The van der Waals surface area contributed by atoms with Crippen molar-refractivity contribution in [3.8, 4) is 11.1 Å². The van der Waals surface area contributed by atoms with E-state index < -0.39 is 34.1 Å². The number of imidazole rings is 1. The number of amidine groups is 1. The number of carbonyl (C=O) groups excluding carboxylic acids is 2. The fraction of sp³-hybridized carbons (Fsp3) is 0.368. The van der Waals surface area contributed by atoms with Crippen LogP contribution in [0.25, 0.3) is 11.1 Å². The molecule has 0 spiro atoms. The van der Waals surface area contributed by atoms with Crippen LogP contribution in [0.4, 0.5) is 4.79 Å². The van der Waals surface area contributed by atoms with Crippen LogP contribution in [-0.4, -0.2) is 67.4 Å². The molecule has 0 fully saturated rings. The summed E-state index contributed by atoms with van der Waals surface area (Å²) in [6.45, 7) is 5.99. The Bertz CT molecular complexity index is 2060. The fourth-order valence-electron chi connectivity index (χ4n) is 5.57. The molecule has 1 heterocycles. The molecule has 1 aromatic heterocycles. The molecular formula is C38H46N8O12. The maximum absolute atomic E-state index is 13.4. The first-order valence-electron chi connectivity index (χ1n) is 18.1. The Morgan fingerprint density at radius 1 is 0.931 bits per heavy atom. The van der Waals surface area contributed by atoms with Gasteiger partial charge in [-0.3, -0.25) is 0 Å². The number of benzene rings is 3. The third-order valence-corrected chi connectivity index (χ3v) is 8.40. The Balaban J connectivity index is 1.45. The summed E-state index contributed by atoms with van der Waals surface area (Å²) in [6.07, 6.45) is -0.775. The normalized spacial score (nSPS) is 12.0. The number of carbonyl (C=O) groups is 2. The summed E-state index contributed by atoms with van der Waals surface area (Å²) in [5.41, 5.74) is 9.18. The van der Waals surface area contributed by atoms with Gasteiger partial charge in [-0.05, 0) is 55.0 Å². The van der Waals surface area contributed by atoms with E-state index in [1.54, 1.807) is 41.0 Å². The number of aryl methyl sites for hydroxylation is 1. The van der Waals surface area contributed by atoms with E-state index >= 15 is 0 Å². The lowest BCUT2D eigenvalue weighted by Crippen LogP contribution is -2.40. The molecule has 310 valence electrons. The number of nitrogens with two attached hydrogens (primary N) is 2. The van der Waals surface area contributed by atoms with Gasteiger partial charge in [0.15, 0.2) is 11.5 Å². The van der Waals surface area contributed by atoms with E-state index in [-0.39, 0.29) is 56.6 Å². The summed E-state index contributed by atoms with van der Waals surface area (Å²) in [5.74, 6) is 5.97. The average Bonchev–Trinajstić information content (AvgIpc) is 3.55. The largest absolute Gasteiger partial charge is 0.510 e. The minimum atomic E-state index is -1.48. The highest BCUT2D eigenvalue weighted by Crippen LogP contribution is 2.28. The van der Waals surface area contributed by atoms with Crippen molar-refractivity contribution in [3.05, 3.63) is 132 Å². The Morgan fingerprint density at radius 3 is 2.17 bits per heavy atom. The second-order valence-electron chi connectivity index (χ2n) is 13.3. The fourth-order valence-corrected chi connectivity index (χ4v) is 5.57. The first-order valence-corrected chi connectivity index (χ1v) is 18.1. The molecule has 0 aliphatic rings. The third kappa shape index (κ3) is 12.6. The third-order valence-electron chi connectivity index (χ3n) is 8.40. The zero-order valence-corrected chi connectivity index (χ0v) is 32.4. The van der Waals surface area contributed by atoms with E-state index in [1.165, 1.54) is 20.8 Å². The smallest absolute Gasteiger partial charge is 0.461 e. The minimum Gasteiger partial charge on any atom is -0.461 e. The second kappa shape index (κ2) is 20.4. The first-order chi connectivity index (χ1) is 27.6. The molecule has 0 saturated carbocycles. The van der Waals surface area contributed by atoms with Crippen LogP contribution >= 0.6 is 0 Å². The summed E-state index contributed by atoms with van der Waals surface area (Å²) in [4.78, 5) is 59.9. The molecule has 0 aliphatic carbocycles. The highest BCUT2D eigenvalue weighted by atomic mass is 17.0. The Labute approximate surface area is 333 Å². The minimum absolute atomic E-state index is 0.0296. The maximum Gasteiger partial charge on any atom is 0.510 e. The van der Waals surface area contributed by atoms with Gasteiger partial charge in [-0.2, -0.15) is 5.12 Å². The summed E-state index contributed by atoms with van der Waals surface area (Å²) < 4.78 is 17.6. The van der Waals surface area contributed by atoms with Gasteiger partial charge in [-0.15, -0.1) is 25.3 Å². The Morgan fingerprint density at radius 2 is 1.55 bits per heavy atom. The van der Waals surface area contributed by atoms with Crippen LogP contribution in [0.1, 0.15) is 84.8 Å². The summed E-state index contributed by atoms with van der Waals surface area (Å²) in [7, 11) is 0. The summed E-state index contributed by atoms with van der Waals surface area (Å²) in [6, 6.07) is 21.2. The molecule has 4 rings (SSSR count). The number of hydrogen-bond acceptors (Lipinski definition) is 16. The van der Waals surface area contributed by atoms with Gasteiger partial charge in [0, 0.05) is 24.9 Å². The van der Waals surface area contributed by atoms with E-state index in [0.717, 1.165) is 21.8 Å². The van der Waals surface area contributed by atoms with Gasteiger partial charge in [-0.25, -0.2) is 20.4 Å². The van der Waals surface area contributed by atoms with Crippen molar-refractivity contribution in [1.29, 1.82) is 0 Å². The van der Waals surface area contributed by atoms with Gasteiger partial charge >= 0.3 is 12.1 Å². The molecule has 5 N–H and O–H groups in total. The van der Waals surface area contributed by atoms with Crippen molar-refractivity contribution in [2.24, 2.45) is 16.7 Å². The van der Waals surface area contributed by atoms with Crippen LogP contribution in [-0.2, 0) is 55.7 Å². The van der Waals surface area contributed by atoms with E-state index in [0.29, 0.717) is 35.4 Å². The molecule has 20 nitrogen and oxygen atoms in total. The first kappa shape index (κ1) is 43.9. The van der Waals surface area contributed by atoms with Gasteiger partial charge in [0.1, 0.15) is 30.3 Å². The number of ether oxygens (including phenoxy) is 3. The van der Waals surface area contributed by atoms with Crippen LogP contribution in [0.3, 0.4) is 0 Å². The number of nitrogens with zero attached hydrogens (tertiary/aromatic N) is 6. The van der Waals surface area contributed by atoms with Gasteiger partial charge in [0.25, 0.3) is 10.2 Å². The van der Waals surface area contributed by atoms with Gasteiger partial charge in [0.2, 0.25) is 6.23 Å². The zero-order chi connectivity index (χ0) is 42.4. The quantitative estimate of drug-likeness (QED) is 0.0150. The lowest BCUT2D eigenvalue weighted by molar-refractivity contribution is -0.763. The maximum atomic E-state index is 13.4. The van der Waals surface area contributed by atoms with Crippen molar-refractivity contribution in [1.82, 2.24) is 14.7 Å². The second-order valence-corrected chi connectivity index (χ2v) is 13.3. The predicted octanol–water partition coefficient (Wildman–Crippen LogP) is 4.74. The van der Waals surface area contributed by atoms with Gasteiger partial charge < -0.3 is 39.3 Å². The predicted molar refractivity (Wildman–Crippen MR) is 206 cm³/mol. The number of hydrogen-bond donors (Lipinski definition) is 3. The van der Waals surface area contributed by atoms with Crippen molar-refractivity contribution in [2.45, 2.75) is 78.5 Å². The summed E-state index contributed by atoms with van der Waals surface area (Å²) >= 11 is 0. The SMILES string of the molecule is CCCc1nc(C(C)(C)O)c(C(=O)OCCCO[N+](=O)[O-])n1Cc1ccc(-c2ccccc2/C(N)=N/N(N)C(C)OC(=O)OCc2ccc(CO[N+](=O)[O-])cc2)cc1. The number of rotatable bonds is 21. The summed E-state index contributed by atoms with van der Waals surface area (Å²) in [5, 5.41) is 35.1. The van der Waals surface area contributed by atoms with Crippen molar-refractivity contribution < 1.29 is 48.8 Å². The molecule has 0 radical (unpaired) electrons. The highest BCUT2D eigenvalue weighted by Gasteiger charge is 2.32. The zero-order valence-electron chi connectivity index (χ0n) is 32.4. The molecular weight excluding hydrogens is 760 g/mol. The van der Waals surface area contributed by atoms with Crippen LogP contribution in [0.5, 0.6) is 0 Å². The molecule has 0 bridgehead atoms. The van der Waals surface area contributed by atoms with Crippen LogP contribution < -0.4 is 11.6 Å². The monoisotopic (exact) mass is 806 g/mol. The Hall–Kier alpha value is -6.80.